The SMILES string of the molecule is COc1ccc(/C=C/C(=O)OCc2coc(-c3cccs3)n2)cc1OC. The van der Waals surface area contributed by atoms with Crippen molar-refractivity contribution in [3.63, 3.8) is 0 Å². The second-order valence-corrected chi connectivity index (χ2v) is 6.12. The molecular formula is C19H17NO5S. The molecule has 0 saturated heterocycles. The Balaban J connectivity index is 1.56. The molecule has 0 amide bonds. The van der Waals surface area contributed by atoms with Gasteiger partial charge in [0.05, 0.1) is 19.1 Å². The van der Waals surface area contributed by atoms with E-state index in [1.54, 1.807) is 32.4 Å². The third-order valence-corrected chi connectivity index (χ3v) is 4.32. The average molecular weight is 371 g/mol. The Kier molecular flexibility index (Phi) is 5.70. The highest BCUT2D eigenvalue weighted by Gasteiger charge is 2.09. The summed E-state index contributed by atoms with van der Waals surface area (Å²) < 4.78 is 21.0. The molecule has 0 unspecified atom stereocenters. The number of aromatic nitrogens is 1. The number of rotatable bonds is 7. The van der Waals surface area contributed by atoms with Crippen molar-refractivity contribution in [3.8, 4) is 22.3 Å². The molecule has 3 rings (SSSR count). The summed E-state index contributed by atoms with van der Waals surface area (Å²) >= 11 is 1.53. The van der Waals surface area contributed by atoms with Crippen LogP contribution in [0.15, 0.2) is 52.5 Å². The summed E-state index contributed by atoms with van der Waals surface area (Å²) in [5.74, 6) is 1.26. The lowest BCUT2D eigenvalue weighted by molar-refractivity contribution is -0.139. The van der Waals surface area contributed by atoms with Crippen molar-refractivity contribution in [3.05, 3.63) is 59.3 Å². The molecule has 0 atom stereocenters. The highest BCUT2D eigenvalue weighted by molar-refractivity contribution is 7.13. The molecule has 1 aromatic carbocycles. The Labute approximate surface area is 154 Å². The molecule has 0 bridgehead atoms. The van der Waals surface area contributed by atoms with E-state index < -0.39 is 5.97 Å². The number of oxazole rings is 1. The van der Waals surface area contributed by atoms with Crippen LogP contribution in [0.25, 0.3) is 16.8 Å². The number of hydrogen-bond donors (Lipinski definition) is 0. The van der Waals surface area contributed by atoms with Crippen LogP contribution in [0.2, 0.25) is 0 Å². The number of benzene rings is 1. The molecule has 0 aliphatic rings. The quantitative estimate of drug-likeness (QED) is 0.458. The number of carbonyl (C=O) groups is 1. The summed E-state index contributed by atoms with van der Waals surface area (Å²) in [7, 11) is 3.13. The summed E-state index contributed by atoms with van der Waals surface area (Å²) in [5, 5.41) is 1.94. The number of methoxy groups -OCH3 is 2. The summed E-state index contributed by atoms with van der Waals surface area (Å²) in [5.41, 5.74) is 1.35. The molecule has 0 radical (unpaired) electrons. The molecule has 0 N–H and O–H groups in total. The lowest BCUT2D eigenvalue weighted by atomic mass is 10.2. The molecule has 0 fully saturated rings. The van der Waals surface area contributed by atoms with Crippen molar-refractivity contribution < 1.29 is 23.4 Å². The minimum absolute atomic E-state index is 0.0456. The summed E-state index contributed by atoms with van der Waals surface area (Å²) in [6.07, 6.45) is 4.48. The maximum Gasteiger partial charge on any atom is 0.331 e. The van der Waals surface area contributed by atoms with E-state index in [2.05, 4.69) is 4.98 Å². The monoisotopic (exact) mass is 371 g/mol. The van der Waals surface area contributed by atoms with Crippen LogP contribution in [0.1, 0.15) is 11.3 Å². The summed E-state index contributed by atoms with van der Waals surface area (Å²) in [6.45, 7) is 0.0456. The molecule has 0 aliphatic heterocycles. The van der Waals surface area contributed by atoms with Crippen molar-refractivity contribution in [1.29, 1.82) is 0 Å². The Morgan fingerprint density at radius 3 is 2.81 bits per heavy atom. The summed E-state index contributed by atoms with van der Waals surface area (Å²) in [6, 6.07) is 9.19. The van der Waals surface area contributed by atoms with Crippen molar-refractivity contribution >= 4 is 23.4 Å². The smallest absolute Gasteiger partial charge is 0.331 e. The van der Waals surface area contributed by atoms with Crippen LogP contribution in [0.3, 0.4) is 0 Å². The summed E-state index contributed by atoms with van der Waals surface area (Å²) in [4.78, 5) is 17.1. The van der Waals surface area contributed by atoms with E-state index in [-0.39, 0.29) is 6.61 Å². The van der Waals surface area contributed by atoms with Gasteiger partial charge in [-0.2, -0.15) is 0 Å². The lowest BCUT2D eigenvalue weighted by Crippen LogP contribution is -2.01. The minimum atomic E-state index is -0.472. The van der Waals surface area contributed by atoms with E-state index in [0.29, 0.717) is 23.1 Å². The predicted molar refractivity (Wildman–Crippen MR) is 98.2 cm³/mol. The van der Waals surface area contributed by atoms with Crippen LogP contribution in [0.4, 0.5) is 0 Å². The lowest BCUT2D eigenvalue weighted by Gasteiger charge is -2.07. The van der Waals surface area contributed by atoms with Gasteiger partial charge >= 0.3 is 5.97 Å². The molecule has 3 aromatic rings. The van der Waals surface area contributed by atoms with Crippen LogP contribution in [-0.2, 0) is 16.1 Å². The van der Waals surface area contributed by atoms with Gasteiger partial charge < -0.3 is 18.6 Å². The molecule has 0 spiro atoms. The zero-order chi connectivity index (χ0) is 18.4. The van der Waals surface area contributed by atoms with Crippen LogP contribution < -0.4 is 9.47 Å². The Morgan fingerprint density at radius 2 is 2.08 bits per heavy atom. The Hall–Kier alpha value is -3.06. The highest BCUT2D eigenvalue weighted by Crippen LogP contribution is 2.28. The second kappa shape index (κ2) is 8.35. The zero-order valence-electron chi connectivity index (χ0n) is 14.3. The molecule has 134 valence electrons. The predicted octanol–water partition coefficient (Wildman–Crippen LogP) is 4.18. The third-order valence-electron chi connectivity index (χ3n) is 3.47. The fourth-order valence-electron chi connectivity index (χ4n) is 2.20. The zero-order valence-corrected chi connectivity index (χ0v) is 15.1. The molecule has 7 heteroatoms. The number of carbonyl (C=O) groups excluding carboxylic acids is 1. The maximum absolute atomic E-state index is 11.9. The second-order valence-electron chi connectivity index (χ2n) is 5.18. The van der Waals surface area contributed by atoms with Gasteiger partial charge in [0, 0.05) is 6.08 Å². The van der Waals surface area contributed by atoms with Crippen LogP contribution in [0.5, 0.6) is 11.5 Å². The van der Waals surface area contributed by atoms with Crippen molar-refractivity contribution in [2.45, 2.75) is 6.61 Å². The molecular weight excluding hydrogens is 354 g/mol. The Bertz CT molecular complexity index is 899. The van der Waals surface area contributed by atoms with E-state index in [4.69, 9.17) is 18.6 Å². The maximum atomic E-state index is 11.9. The van der Waals surface area contributed by atoms with Gasteiger partial charge in [0.2, 0.25) is 5.89 Å². The van der Waals surface area contributed by atoms with Gasteiger partial charge in [-0.15, -0.1) is 11.3 Å². The van der Waals surface area contributed by atoms with E-state index >= 15 is 0 Å². The topological polar surface area (TPSA) is 70.8 Å². The van der Waals surface area contributed by atoms with Gasteiger partial charge in [-0.25, -0.2) is 9.78 Å². The molecule has 26 heavy (non-hydrogen) atoms. The Morgan fingerprint density at radius 1 is 1.23 bits per heavy atom. The van der Waals surface area contributed by atoms with Gasteiger partial charge in [-0.1, -0.05) is 12.1 Å². The third kappa shape index (κ3) is 4.31. The van der Waals surface area contributed by atoms with E-state index in [9.17, 15) is 4.79 Å². The van der Waals surface area contributed by atoms with Crippen molar-refractivity contribution in [2.75, 3.05) is 14.2 Å². The number of esters is 1. The number of thiophene rings is 1. The average Bonchev–Trinajstić information content (AvgIpc) is 3.35. The highest BCUT2D eigenvalue weighted by atomic mass is 32.1. The standard InChI is InChI=1S/C19H17NO5S/c1-22-15-7-5-13(10-16(15)23-2)6-8-18(21)24-11-14-12-25-19(20-14)17-4-3-9-26-17/h3-10,12H,11H2,1-2H3/b8-6+. The van der Waals surface area contributed by atoms with Gasteiger partial charge in [0.25, 0.3) is 0 Å². The first-order chi connectivity index (χ1) is 12.7. The normalized spacial score (nSPS) is 10.8. The molecule has 0 aliphatic carbocycles. The van der Waals surface area contributed by atoms with E-state index in [1.807, 2.05) is 23.6 Å². The van der Waals surface area contributed by atoms with Crippen LogP contribution in [0, 0.1) is 0 Å². The fourth-order valence-corrected chi connectivity index (χ4v) is 2.86. The van der Waals surface area contributed by atoms with Gasteiger partial charge in [-0.3, -0.25) is 0 Å². The van der Waals surface area contributed by atoms with Gasteiger partial charge in [0.15, 0.2) is 11.5 Å². The number of hydrogen-bond acceptors (Lipinski definition) is 7. The molecule has 0 saturated carbocycles. The van der Waals surface area contributed by atoms with Gasteiger partial charge in [0.1, 0.15) is 18.6 Å². The molecule has 6 nitrogen and oxygen atoms in total. The van der Waals surface area contributed by atoms with Crippen molar-refractivity contribution in [2.24, 2.45) is 0 Å². The van der Waals surface area contributed by atoms with E-state index in [1.165, 1.54) is 23.7 Å². The largest absolute Gasteiger partial charge is 0.493 e. The molecule has 2 heterocycles. The first-order valence-corrected chi connectivity index (χ1v) is 8.62. The van der Waals surface area contributed by atoms with Crippen LogP contribution in [-0.4, -0.2) is 25.2 Å². The van der Waals surface area contributed by atoms with Crippen LogP contribution >= 0.6 is 11.3 Å². The first kappa shape index (κ1) is 17.8. The fraction of sp³-hybridized carbons (Fsp3) is 0.158. The van der Waals surface area contributed by atoms with Crippen molar-refractivity contribution in [1.82, 2.24) is 4.98 Å². The minimum Gasteiger partial charge on any atom is -0.493 e. The van der Waals surface area contributed by atoms with E-state index in [0.717, 1.165) is 10.4 Å². The first-order valence-electron chi connectivity index (χ1n) is 7.74. The number of nitrogens with zero attached hydrogens (tertiary/aromatic N) is 1. The number of ether oxygens (including phenoxy) is 3. The molecule has 2 aromatic heterocycles. The van der Waals surface area contributed by atoms with Gasteiger partial charge in [-0.05, 0) is 35.2 Å².